The summed E-state index contributed by atoms with van der Waals surface area (Å²) in [5.74, 6) is -0.0148. The fourth-order valence-electron chi connectivity index (χ4n) is 2.50. The molecule has 1 fully saturated rings. The van der Waals surface area contributed by atoms with Gasteiger partial charge in [0.25, 0.3) is 5.91 Å². The van der Waals surface area contributed by atoms with Gasteiger partial charge < -0.3 is 15.0 Å². The molecule has 1 atom stereocenters. The SMILES string of the molecule is CCC1CN(C(=O)CCCNC(=O)c2ccc(Cl)cc2)CCO1. The molecule has 126 valence electrons. The summed E-state index contributed by atoms with van der Waals surface area (Å²) >= 11 is 5.79. The van der Waals surface area contributed by atoms with Crippen LogP contribution in [0, 0.1) is 0 Å². The van der Waals surface area contributed by atoms with Crippen LogP contribution in [0.25, 0.3) is 0 Å². The van der Waals surface area contributed by atoms with Gasteiger partial charge in [0.15, 0.2) is 0 Å². The minimum atomic E-state index is -0.147. The average Bonchev–Trinajstić information content (AvgIpc) is 2.59. The molecular weight excluding hydrogens is 316 g/mol. The van der Waals surface area contributed by atoms with Gasteiger partial charge in [-0.25, -0.2) is 0 Å². The Kier molecular flexibility index (Phi) is 6.86. The van der Waals surface area contributed by atoms with Crippen LogP contribution < -0.4 is 5.32 Å². The molecule has 1 aromatic rings. The summed E-state index contributed by atoms with van der Waals surface area (Å²) in [6, 6.07) is 6.73. The Morgan fingerprint density at radius 1 is 1.35 bits per heavy atom. The Balaban J connectivity index is 1.67. The summed E-state index contributed by atoms with van der Waals surface area (Å²) in [4.78, 5) is 25.9. The summed E-state index contributed by atoms with van der Waals surface area (Å²) in [7, 11) is 0. The molecule has 0 spiro atoms. The van der Waals surface area contributed by atoms with Crippen molar-refractivity contribution in [3.05, 3.63) is 34.9 Å². The van der Waals surface area contributed by atoms with Gasteiger partial charge in [-0.3, -0.25) is 9.59 Å². The van der Waals surface area contributed by atoms with Crippen LogP contribution in [0.2, 0.25) is 5.02 Å². The number of nitrogens with one attached hydrogen (secondary N) is 1. The molecule has 0 saturated carbocycles. The molecule has 1 saturated heterocycles. The Bertz CT molecular complexity index is 533. The number of hydrogen-bond acceptors (Lipinski definition) is 3. The van der Waals surface area contributed by atoms with E-state index in [2.05, 4.69) is 12.2 Å². The van der Waals surface area contributed by atoms with Crippen LogP contribution >= 0.6 is 11.6 Å². The van der Waals surface area contributed by atoms with Crippen LogP contribution in [-0.4, -0.2) is 49.1 Å². The summed E-state index contributed by atoms with van der Waals surface area (Å²) in [6.07, 6.45) is 2.14. The molecule has 1 unspecified atom stereocenters. The number of carbonyl (C=O) groups is 2. The lowest BCUT2D eigenvalue weighted by molar-refractivity contribution is -0.138. The van der Waals surface area contributed by atoms with Crippen molar-refractivity contribution in [1.82, 2.24) is 10.2 Å². The van der Waals surface area contributed by atoms with Gasteiger partial charge in [0.05, 0.1) is 12.7 Å². The van der Waals surface area contributed by atoms with E-state index in [1.807, 2.05) is 4.90 Å². The van der Waals surface area contributed by atoms with E-state index < -0.39 is 0 Å². The largest absolute Gasteiger partial charge is 0.375 e. The van der Waals surface area contributed by atoms with Crippen LogP contribution in [0.15, 0.2) is 24.3 Å². The normalized spacial score (nSPS) is 17.8. The second-order valence-corrected chi connectivity index (χ2v) is 6.04. The second-order valence-electron chi connectivity index (χ2n) is 5.61. The number of hydrogen-bond donors (Lipinski definition) is 1. The maximum atomic E-state index is 12.2. The van der Waals surface area contributed by atoms with Gasteiger partial charge in [0, 0.05) is 36.6 Å². The van der Waals surface area contributed by atoms with E-state index >= 15 is 0 Å². The molecule has 1 heterocycles. The maximum Gasteiger partial charge on any atom is 0.251 e. The zero-order valence-corrected chi connectivity index (χ0v) is 14.1. The molecule has 6 heteroatoms. The van der Waals surface area contributed by atoms with Crippen molar-refractivity contribution in [2.24, 2.45) is 0 Å². The van der Waals surface area contributed by atoms with Crippen LogP contribution in [0.1, 0.15) is 36.5 Å². The van der Waals surface area contributed by atoms with Crippen molar-refractivity contribution in [1.29, 1.82) is 0 Å². The Labute approximate surface area is 141 Å². The number of morpholine rings is 1. The topological polar surface area (TPSA) is 58.6 Å². The highest BCUT2D eigenvalue weighted by molar-refractivity contribution is 6.30. The van der Waals surface area contributed by atoms with Gasteiger partial charge in [-0.2, -0.15) is 0 Å². The molecule has 0 aliphatic carbocycles. The van der Waals surface area contributed by atoms with Crippen LogP contribution in [0.4, 0.5) is 0 Å². The molecule has 1 aliphatic rings. The molecule has 2 amide bonds. The predicted molar refractivity (Wildman–Crippen MR) is 89.6 cm³/mol. The van der Waals surface area contributed by atoms with Crippen molar-refractivity contribution in [2.45, 2.75) is 32.3 Å². The third kappa shape index (κ3) is 5.52. The first kappa shape index (κ1) is 17.8. The Morgan fingerprint density at radius 3 is 2.78 bits per heavy atom. The quantitative estimate of drug-likeness (QED) is 0.811. The lowest BCUT2D eigenvalue weighted by Gasteiger charge is -2.32. The smallest absolute Gasteiger partial charge is 0.251 e. The van der Waals surface area contributed by atoms with Gasteiger partial charge in [-0.15, -0.1) is 0 Å². The summed E-state index contributed by atoms with van der Waals surface area (Å²) in [5.41, 5.74) is 0.569. The number of halogens is 1. The van der Waals surface area contributed by atoms with Gasteiger partial charge in [0.1, 0.15) is 0 Å². The zero-order chi connectivity index (χ0) is 16.7. The van der Waals surface area contributed by atoms with Crippen LogP contribution in [0.3, 0.4) is 0 Å². The zero-order valence-electron chi connectivity index (χ0n) is 13.4. The number of rotatable bonds is 6. The number of nitrogens with zero attached hydrogens (tertiary/aromatic N) is 1. The van der Waals surface area contributed by atoms with Crippen molar-refractivity contribution >= 4 is 23.4 Å². The first-order valence-electron chi connectivity index (χ1n) is 8.03. The molecule has 0 radical (unpaired) electrons. The van der Waals surface area contributed by atoms with E-state index in [0.29, 0.717) is 49.7 Å². The first-order chi connectivity index (χ1) is 11.1. The highest BCUT2D eigenvalue weighted by atomic mass is 35.5. The Hall–Kier alpha value is -1.59. The Morgan fingerprint density at radius 2 is 2.09 bits per heavy atom. The third-order valence-corrected chi connectivity index (χ3v) is 4.16. The highest BCUT2D eigenvalue weighted by Crippen LogP contribution is 2.11. The van der Waals surface area contributed by atoms with Crippen LogP contribution in [0.5, 0.6) is 0 Å². The predicted octanol–water partition coefficient (Wildman–Crippen LogP) is 2.49. The van der Waals surface area contributed by atoms with Gasteiger partial charge in [-0.05, 0) is 37.1 Å². The molecule has 0 aromatic heterocycles. The van der Waals surface area contributed by atoms with Crippen LogP contribution in [-0.2, 0) is 9.53 Å². The number of amides is 2. The van der Waals surface area contributed by atoms with Gasteiger partial charge in [-0.1, -0.05) is 18.5 Å². The molecule has 23 heavy (non-hydrogen) atoms. The summed E-state index contributed by atoms with van der Waals surface area (Å²) in [5, 5.41) is 3.42. The number of carbonyl (C=O) groups excluding carboxylic acids is 2. The maximum absolute atomic E-state index is 12.2. The lowest BCUT2D eigenvalue weighted by Crippen LogP contribution is -2.45. The minimum absolute atomic E-state index is 0.132. The van der Waals surface area contributed by atoms with E-state index in [0.717, 1.165) is 6.42 Å². The second kappa shape index (κ2) is 8.89. The number of benzene rings is 1. The van der Waals surface area contributed by atoms with Crippen molar-refractivity contribution in [2.75, 3.05) is 26.2 Å². The van der Waals surface area contributed by atoms with Crippen molar-refractivity contribution in [3.8, 4) is 0 Å². The lowest BCUT2D eigenvalue weighted by atomic mass is 10.2. The highest BCUT2D eigenvalue weighted by Gasteiger charge is 2.22. The molecule has 2 rings (SSSR count). The molecular formula is C17H23ClN2O3. The monoisotopic (exact) mass is 338 g/mol. The molecule has 1 aromatic carbocycles. The minimum Gasteiger partial charge on any atom is -0.375 e. The molecule has 1 N–H and O–H groups in total. The number of ether oxygens (including phenoxy) is 1. The fourth-order valence-corrected chi connectivity index (χ4v) is 2.62. The standard InChI is InChI=1S/C17H23ClN2O3/c1-2-15-12-20(10-11-23-15)16(21)4-3-9-19-17(22)13-5-7-14(18)8-6-13/h5-8,15H,2-4,9-12H2,1H3,(H,19,22). The summed E-state index contributed by atoms with van der Waals surface area (Å²) in [6.45, 7) is 4.48. The van der Waals surface area contributed by atoms with E-state index in [4.69, 9.17) is 16.3 Å². The average molecular weight is 339 g/mol. The molecule has 1 aliphatic heterocycles. The molecule has 0 bridgehead atoms. The van der Waals surface area contributed by atoms with Crippen molar-refractivity contribution < 1.29 is 14.3 Å². The summed E-state index contributed by atoms with van der Waals surface area (Å²) < 4.78 is 5.56. The first-order valence-corrected chi connectivity index (χ1v) is 8.41. The van der Waals surface area contributed by atoms with Crippen molar-refractivity contribution in [3.63, 3.8) is 0 Å². The fraction of sp³-hybridized carbons (Fsp3) is 0.529. The van der Waals surface area contributed by atoms with E-state index in [1.165, 1.54) is 0 Å². The van der Waals surface area contributed by atoms with Gasteiger partial charge in [0.2, 0.25) is 5.91 Å². The van der Waals surface area contributed by atoms with E-state index in [-0.39, 0.29) is 17.9 Å². The third-order valence-electron chi connectivity index (χ3n) is 3.91. The van der Waals surface area contributed by atoms with E-state index in [1.54, 1.807) is 24.3 Å². The van der Waals surface area contributed by atoms with Gasteiger partial charge >= 0.3 is 0 Å². The van der Waals surface area contributed by atoms with E-state index in [9.17, 15) is 9.59 Å². The molecule has 5 nitrogen and oxygen atoms in total.